The monoisotopic (exact) mass is 377 g/mol. The first-order valence-corrected chi connectivity index (χ1v) is 9.14. The molecule has 0 aliphatic rings. The molecule has 0 unspecified atom stereocenters. The van der Waals surface area contributed by atoms with E-state index in [0.717, 1.165) is 17.7 Å². The van der Waals surface area contributed by atoms with Crippen LogP contribution in [0, 0.1) is 0 Å². The number of halogens is 1. The molecule has 27 heavy (non-hydrogen) atoms. The molecule has 3 aromatic carbocycles. The van der Waals surface area contributed by atoms with E-state index in [2.05, 4.69) is 59.3 Å². The molecule has 0 aliphatic heterocycles. The number of methoxy groups -OCH3 is 2. The fraction of sp³-hybridized carbons (Fsp3) is 0.130. The summed E-state index contributed by atoms with van der Waals surface area (Å²) >= 11 is 6.39. The van der Waals surface area contributed by atoms with Crippen LogP contribution in [0.25, 0.3) is 16.6 Å². The Labute approximate surface area is 163 Å². The molecule has 0 saturated carbocycles. The number of hydrogen-bond acceptors (Lipinski definition) is 2. The van der Waals surface area contributed by atoms with Gasteiger partial charge in [0.1, 0.15) is 0 Å². The van der Waals surface area contributed by atoms with Gasteiger partial charge in [-0.25, -0.2) is 0 Å². The Hall–Kier alpha value is -2.91. The van der Waals surface area contributed by atoms with Crippen molar-refractivity contribution in [3.63, 3.8) is 0 Å². The largest absolute Gasteiger partial charge is 0.493 e. The molecular weight excluding hydrogens is 358 g/mol. The Morgan fingerprint density at radius 1 is 0.889 bits per heavy atom. The lowest BCUT2D eigenvalue weighted by Crippen LogP contribution is -1.95. The molecule has 0 N–H and O–H groups in total. The van der Waals surface area contributed by atoms with Crippen LogP contribution in [0.3, 0.4) is 0 Å². The molecule has 3 nitrogen and oxygen atoms in total. The van der Waals surface area contributed by atoms with Gasteiger partial charge in [-0.15, -0.1) is 0 Å². The van der Waals surface area contributed by atoms with E-state index < -0.39 is 0 Å². The van der Waals surface area contributed by atoms with Crippen molar-refractivity contribution in [2.24, 2.45) is 0 Å². The van der Waals surface area contributed by atoms with Crippen LogP contribution >= 0.6 is 11.6 Å². The maximum absolute atomic E-state index is 6.39. The van der Waals surface area contributed by atoms with E-state index in [4.69, 9.17) is 21.1 Å². The van der Waals surface area contributed by atoms with Gasteiger partial charge < -0.3 is 14.0 Å². The predicted molar refractivity (Wildman–Crippen MR) is 111 cm³/mol. The first kappa shape index (κ1) is 17.5. The van der Waals surface area contributed by atoms with Crippen molar-refractivity contribution in [1.82, 2.24) is 4.57 Å². The summed E-state index contributed by atoms with van der Waals surface area (Å²) in [5.41, 5.74) is 4.64. The Morgan fingerprint density at radius 3 is 2.37 bits per heavy atom. The van der Waals surface area contributed by atoms with Crippen molar-refractivity contribution in [2.75, 3.05) is 14.2 Å². The Bertz CT molecular complexity index is 1090. The SMILES string of the molecule is COc1cc(Cc2cn(-c3ccccc3)c3ccccc23)cc(Cl)c1OC. The first-order chi connectivity index (χ1) is 13.2. The maximum Gasteiger partial charge on any atom is 0.179 e. The molecule has 0 amide bonds. The van der Waals surface area contributed by atoms with Gasteiger partial charge in [0, 0.05) is 17.3 Å². The molecule has 1 heterocycles. The Morgan fingerprint density at radius 2 is 1.63 bits per heavy atom. The van der Waals surface area contributed by atoms with Crippen LogP contribution < -0.4 is 9.47 Å². The number of benzene rings is 3. The minimum absolute atomic E-state index is 0.554. The molecule has 1 aromatic heterocycles. The van der Waals surface area contributed by atoms with E-state index in [-0.39, 0.29) is 0 Å². The number of hydrogen-bond donors (Lipinski definition) is 0. The highest BCUT2D eigenvalue weighted by atomic mass is 35.5. The zero-order valence-electron chi connectivity index (χ0n) is 15.3. The Balaban J connectivity index is 1.81. The third-order valence-corrected chi connectivity index (χ3v) is 5.00. The zero-order valence-corrected chi connectivity index (χ0v) is 16.0. The standard InChI is InChI=1S/C23H20ClNO2/c1-26-22-14-16(13-20(24)23(22)27-2)12-17-15-25(18-8-4-3-5-9-18)21-11-7-6-10-19(17)21/h3-11,13-15H,12H2,1-2H3. The minimum Gasteiger partial charge on any atom is -0.493 e. The molecule has 0 saturated heterocycles. The van der Waals surface area contributed by atoms with E-state index in [0.29, 0.717) is 16.5 Å². The number of fused-ring (bicyclic) bond motifs is 1. The average molecular weight is 378 g/mol. The van der Waals surface area contributed by atoms with Crippen molar-refractivity contribution < 1.29 is 9.47 Å². The van der Waals surface area contributed by atoms with Crippen LogP contribution in [0.2, 0.25) is 5.02 Å². The lowest BCUT2D eigenvalue weighted by atomic mass is 10.0. The van der Waals surface area contributed by atoms with Gasteiger partial charge in [-0.05, 0) is 47.9 Å². The van der Waals surface area contributed by atoms with Gasteiger partial charge in [0.2, 0.25) is 0 Å². The smallest absolute Gasteiger partial charge is 0.179 e. The normalized spacial score (nSPS) is 10.9. The van der Waals surface area contributed by atoms with Crippen molar-refractivity contribution in [3.05, 3.63) is 89.1 Å². The van der Waals surface area contributed by atoms with Gasteiger partial charge in [-0.3, -0.25) is 0 Å². The summed E-state index contributed by atoms with van der Waals surface area (Å²) in [6.07, 6.45) is 2.95. The molecule has 0 radical (unpaired) electrons. The fourth-order valence-electron chi connectivity index (χ4n) is 3.49. The molecule has 0 atom stereocenters. The second kappa shape index (κ2) is 7.37. The predicted octanol–water partition coefficient (Wildman–Crippen LogP) is 5.89. The molecule has 0 bridgehead atoms. The molecule has 4 heteroatoms. The highest BCUT2D eigenvalue weighted by Gasteiger charge is 2.14. The number of ether oxygens (including phenoxy) is 2. The van der Waals surface area contributed by atoms with Gasteiger partial charge in [-0.2, -0.15) is 0 Å². The second-order valence-corrected chi connectivity index (χ2v) is 6.77. The van der Waals surface area contributed by atoms with Crippen LogP contribution in [0.4, 0.5) is 0 Å². The molecule has 0 spiro atoms. The summed E-state index contributed by atoms with van der Waals surface area (Å²) in [4.78, 5) is 0. The topological polar surface area (TPSA) is 23.4 Å². The lowest BCUT2D eigenvalue weighted by molar-refractivity contribution is 0.355. The van der Waals surface area contributed by atoms with Crippen LogP contribution in [-0.2, 0) is 6.42 Å². The van der Waals surface area contributed by atoms with Gasteiger partial charge in [0.25, 0.3) is 0 Å². The Kier molecular flexibility index (Phi) is 4.78. The highest BCUT2D eigenvalue weighted by Crippen LogP contribution is 2.37. The van der Waals surface area contributed by atoms with Crippen molar-refractivity contribution in [3.8, 4) is 17.2 Å². The van der Waals surface area contributed by atoms with Crippen LogP contribution in [0.1, 0.15) is 11.1 Å². The number of para-hydroxylation sites is 2. The molecule has 0 fully saturated rings. The quantitative estimate of drug-likeness (QED) is 0.432. The summed E-state index contributed by atoms with van der Waals surface area (Å²) in [6.45, 7) is 0. The van der Waals surface area contributed by atoms with Crippen LogP contribution in [-0.4, -0.2) is 18.8 Å². The van der Waals surface area contributed by atoms with Crippen molar-refractivity contribution in [2.45, 2.75) is 6.42 Å². The van der Waals surface area contributed by atoms with E-state index in [1.807, 2.05) is 18.2 Å². The van der Waals surface area contributed by atoms with Crippen molar-refractivity contribution >= 4 is 22.5 Å². The number of nitrogens with zero attached hydrogens (tertiary/aromatic N) is 1. The van der Waals surface area contributed by atoms with E-state index in [1.54, 1.807) is 14.2 Å². The van der Waals surface area contributed by atoms with E-state index in [1.165, 1.54) is 16.5 Å². The molecular formula is C23H20ClNO2. The summed E-state index contributed by atoms with van der Waals surface area (Å²) < 4.78 is 13.0. The van der Waals surface area contributed by atoms with Gasteiger partial charge in [-0.1, -0.05) is 48.0 Å². The third kappa shape index (κ3) is 3.26. The van der Waals surface area contributed by atoms with Gasteiger partial charge >= 0.3 is 0 Å². The van der Waals surface area contributed by atoms with Gasteiger partial charge in [0.05, 0.1) is 24.8 Å². The fourth-order valence-corrected chi connectivity index (χ4v) is 3.80. The summed E-state index contributed by atoms with van der Waals surface area (Å²) in [6, 6.07) is 22.7. The minimum atomic E-state index is 0.554. The lowest BCUT2D eigenvalue weighted by Gasteiger charge is -2.11. The van der Waals surface area contributed by atoms with Crippen LogP contribution in [0.5, 0.6) is 11.5 Å². The third-order valence-electron chi connectivity index (χ3n) is 4.72. The zero-order chi connectivity index (χ0) is 18.8. The molecule has 136 valence electrons. The van der Waals surface area contributed by atoms with Crippen LogP contribution in [0.15, 0.2) is 72.9 Å². The first-order valence-electron chi connectivity index (χ1n) is 8.76. The average Bonchev–Trinajstić information content (AvgIpc) is 3.07. The van der Waals surface area contributed by atoms with Gasteiger partial charge in [0.15, 0.2) is 11.5 Å². The van der Waals surface area contributed by atoms with Crippen molar-refractivity contribution in [1.29, 1.82) is 0 Å². The number of aromatic nitrogens is 1. The molecule has 4 rings (SSSR count). The summed E-state index contributed by atoms with van der Waals surface area (Å²) in [5, 5.41) is 1.78. The summed E-state index contributed by atoms with van der Waals surface area (Å²) in [5.74, 6) is 1.21. The highest BCUT2D eigenvalue weighted by molar-refractivity contribution is 6.32. The van der Waals surface area contributed by atoms with E-state index in [9.17, 15) is 0 Å². The summed E-state index contributed by atoms with van der Waals surface area (Å²) in [7, 11) is 3.22. The van der Waals surface area contributed by atoms with E-state index >= 15 is 0 Å². The molecule has 0 aliphatic carbocycles. The molecule has 4 aromatic rings. The maximum atomic E-state index is 6.39. The second-order valence-electron chi connectivity index (χ2n) is 6.37. The number of rotatable bonds is 5.